The smallest absolute Gasteiger partial charge is 2.00 e. The molecule has 0 rings (SSSR count). The van der Waals surface area contributed by atoms with Crippen LogP contribution in [0.3, 0.4) is 0 Å². The van der Waals surface area contributed by atoms with E-state index >= 15 is 0 Å². The van der Waals surface area contributed by atoms with Crippen molar-refractivity contribution in [1.29, 1.82) is 0 Å². The van der Waals surface area contributed by atoms with E-state index < -0.39 is 0 Å². The first-order valence-corrected chi connectivity index (χ1v) is 0. The summed E-state index contributed by atoms with van der Waals surface area (Å²) >= 11 is 0. The molecule has 0 fully saturated rings. The van der Waals surface area contributed by atoms with Gasteiger partial charge in [0.2, 0.25) is 0 Å². The molecule has 0 heterocycles. The molecule has 0 spiro atoms. The second-order valence-electron chi connectivity index (χ2n) is 0. The SMILES string of the molecule is [Ba+2].[Li+].[O-2].[Ti+4]. The van der Waals surface area contributed by atoms with Gasteiger partial charge in [-0.3, -0.25) is 0 Å². The molecular weight excluding hydrogens is 208 g/mol. The van der Waals surface area contributed by atoms with Gasteiger partial charge in [0.25, 0.3) is 0 Å². The maximum Gasteiger partial charge on any atom is 4.00 e. The van der Waals surface area contributed by atoms with Gasteiger partial charge in [0.1, 0.15) is 0 Å². The van der Waals surface area contributed by atoms with Crippen molar-refractivity contribution in [2.45, 2.75) is 0 Å². The summed E-state index contributed by atoms with van der Waals surface area (Å²) in [6.07, 6.45) is 0. The predicted octanol–water partition coefficient (Wildman–Crippen LogP) is -3.50. The molecule has 0 saturated heterocycles. The Morgan fingerprint density at radius 3 is 1.00 bits per heavy atom. The van der Waals surface area contributed by atoms with Crippen molar-refractivity contribution in [1.82, 2.24) is 0 Å². The van der Waals surface area contributed by atoms with Gasteiger partial charge < -0.3 is 5.48 Å². The van der Waals surface area contributed by atoms with Crippen LogP contribution in [0.5, 0.6) is 0 Å². The third kappa shape index (κ3) is 8.85. The van der Waals surface area contributed by atoms with E-state index in [1.165, 1.54) is 0 Å². The van der Waals surface area contributed by atoms with Crippen molar-refractivity contribution in [3.05, 3.63) is 0 Å². The summed E-state index contributed by atoms with van der Waals surface area (Å²) in [5.41, 5.74) is 0. The molecule has 1 nitrogen and oxygen atoms in total. The van der Waals surface area contributed by atoms with Gasteiger partial charge in [0.05, 0.1) is 0 Å². The Morgan fingerprint density at radius 2 is 1.00 bits per heavy atom. The first-order chi connectivity index (χ1) is 0. The van der Waals surface area contributed by atoms with Gasteiger partial charge >= 0.3 is 89.5 Å². The molecule has 8 valence electrons. The third-order valence-electron chi connectivity index (χ3n) is 0. The van der Waals surface area contributed by atoms with Crippen LogP contribution < -0.4 is 18.9 Å². The fourth-order valence-electron chi connectivity index (χ4n) is 0. The second kappa shape index (κ2) is 17.0. The van der Waals surface area contributed by atoms with E-state index in [-0.39, 0.29) is 94.9 Å². The van der Waals surface area contributed by atoms with Crippen molar-refractivity contribution >= 4 is 48.9 Å². The van der Waals surface area contributed by atoms with Crippen LogP contribution in [0.4, 0.5) is 0 Å². The van der Waals surface area contributed by atoms with Gasteiger partial charge in [-0.25, -0.2) is 0 Å². The van der Waals surface area contributed by atoms with Crippen molar-refractivity contribution in [2.24, 2.45) is 0 Å². The Hall–Kier alpha value is 2.84. The first kappa shape index (κ1) is 28.9. The van der Waals surface area contributed by atoms with Crippen LogP contribution in [-0.2, 0) is 27.2 Å². The maximum absolute atomic E-state index is 0. The molecule has 0 unspecified atom stereocenters. The maximum atomic E-state index is 0. The molecule has 0 aliphatic heterocycles. The molecule has 0 aromatic rings. The Balaban J connectivity index is 0. The van der Waals surface area contributed by atoms with Gasteiger partial charge in [-0.15, -0.1) is 0 Å². The summed E-state index contributed by atoms with van der Waals surface area (Å²) in [4.78, 5) is 0. The molecule has 0 atom stereocenters. The van der Waals surface area contributed by atoms with E-state index in [1.54, 1.807) is 0 Å². The van der Waals surface area contributed by atoms with Gasteiger partial charge in [-0.1, -0.05) is 0 Å². The first-order valence-electron chi connectivity index (χ1n) is 0. The van der Waals surface area contributed by atoms with E-state index in [9.17, 15) is 0 Å². The fraction of sp³-hybridized carbons (Fsp3) is 0. The Labute approximate surface area is 92.7 Å². The van der Waals surface area contributed by atoms with E-state index in [1.807, 2.05) is 0 Å². The fourth-order valence-corrected chi connectivity index (χ4v) is 0. The molecular formula is BaLiOTi+5. The van der Waals surface area contributed by atoms with Gasteiger partial charge in [-0.2, -0.15) is 0 Å². The van der Waals surface area contributed by atoms with Crippen LogP contribution in [0, 0.1) is 0 Å². The Kier molecular flexibility index (Phi) is 123. The summed E-state index contributed by atoms with van der Waals surface area (Å²) in [6.45, 7) is 0. The molecule has 0 bridgehead atoms. The molecule has 4 heteroatoms. The summed E-state index contributed by atoms with van der Waals surface area (Å²) in [5, 5.41) is 0. The third-order valence-corrected chi connectivity index (χ3v) is 0. The van der Waals surface area contributed by atoms with E-state index in [4.69, 9.17) is 0 Å². The van der Waals surface area contributed by atoms with Crippen molar-refractivity contribution in [3.63, 3.8) is 0 Å². The van der Waals surface area contributed by atoms with E-state index in [2.05, 4.69) is 0 Å². The molecule has 0 aliphatic carbocycles. The molecule has 0 amide bonds. The van der Waals surface area contributed by atoms with Gasteiger partial charge in [0.15, 0.2) is 0 Å². The zero-order chi connectivity index (χ0) is 0. The molecule has 0 aromatic heterocycles. The van der Waals surface area contributed by atoms with Crippen molar-refractivity contribution in [2.75, 3.05) is 0 Å². The molecule has 0 N–H and O–H groups in total. The summed E-state index contributed by atoms with van der Waals surface area (Å²) in [5.74, 6) is 0. The molecule has 4 heavy (non-hydrogen) atoms. The van der Waals surface area contributed by atoms with Crippen LogP contribution in [0.1, 0.15) is 0 Å². The predicted molar refractivity (Wildman–Crippen MR) is 6.44 cm³/mol. The minimum Gasteiger partial charge on any atom is -2.00 e. The average molecular weight is 208 g/mol. The van der Waals surface area contributed by atoms with Gasteiger partial charge in [0, 0.05) is 0 Å². The standard InChI is InChI=1S/Ba.Li.O.Ti/q+2;+1;-2;+4. The summed E-state index contributed by atoms with van der Waals surface area (Å²) in [6, 6.07) is 0. The van der Waals surface area contributed by atoms with Crippen LogP contribution in [0.25, 0.3) is 0 Å². The van der Waals surface area contributed by atoms with Crippen LogP contribution in [-0.4, -0.2) is 48.9 Å². The zero-order valence-corrected chi connectivity index (χ0v) is 8.62. The second-order valence-corrected chi connectivity index (χ2v) is 0. The molecule has 0 radical (unpaired) electrons. The summed E-state index contributed by atoms with van der Waals surface area (Å²) < 4.78 is 0. The van der Waals surface area contributed by atoms with Crippen LogP contribution in [0.2, 0.25) is 0 Å². The Morgan fingerprint density at radius 1 is 1.00 bits per heavy atom. The minimum absolute atomic E-state index is 0. The largest absolute Gasteiger partial charge is 4.00 e. The topological polar surface area (TPSA) is 28.5 Å². The zero-order valence-electron chi connectivity index (χ0n) is 2.62. The van der Waals surface area contributed by atoms with Crippen LogP contribution in [0.15, 0.2) is 0 Å². The molecule has 0 saturated carbocycles. The quantitative estimate of drug-likeness (QED) is 0.370. The number of hydrogen-bond donors (Lipinski definition) is 0. The minimum atomic E-state index is 0. The number of rotatable bonds is 0. The molecule has 0 aliphatic rings. The van der Waals surface area contributed by atoms with E-state index in [0.29, 0.717) is 0 Å². The summed E-state index contributed by atoms with van der Waals surface area (Å²) in [7, 11) is 0. The van der Waals surface area contributed by atoms with Crippen molar-refractivity contribution < 1.29 is 46.1 Å². The molecule has 0 aromatic carbocycles. The van der Waals surface area contributed by atoms with E-state index in [0.717, 1.165) is 0 Å². The van der Waals surface area contributed by atoms with Crippen LogP contribution >= 0.6 is 0 Å². The Bertz CT molecular complexity index is 8.00. The average Bonchev–Trinajstić information content (AvgIpc) is 0. The van der Waals surface area contributed by atoms with Crippen molar-refractivity contribution in [3.8, 4) is 0 Å². The normalized spacial score (nSPS) is 0. The monoisotopic (exact) mass is 209 g/mol. The number of hydrogen-bond acceptors (Lipinski definition) is 0. The van der Waals surface area contributed by atoms with Gasteiger partial charge in [-0.05, 0) is 0 Å².